The molecule has 0 radical (unpaired) electrons. The first-order chi connectivity index (χ1) is 24.2. The van der Waals surface area contributed by atoms with E-state index >= 15 is 0 Å². The second-order valence-corrected chi connectivity index (χ2v) is 11.3. The molecule has 7 aromatic carbocycles. The lowest BCUT2D eigenvalue weighted by Crippen LogP contribution is -1.91. The average molecular weight is 561 g/mol. The van der Waals surface area contributed by atoms with E-state index in [4.69, 9.17) is 9.90 Å². The Hall–Kier alpha value is -5.18. The fraction of sp³-hybridized carbons (Fsp3) is 0. The van der Waals surface area contributed by atoms with Gasteiger partial charge in [-0.15, -0.1) is 11.3 Å². The minimum Gasteiger partial charge on any atom is -0.455 e. The molecule has 2 heteroatoms. The van der Waals surface area contributed by atoms with Gasteiger partial charge < -0.3 is 4.42 Å². The number of furan rings is 1. The molecule has 2 heterocycles. The molecule has 9 aromatic rings. The summed E-state index contributed by atoms with van der Waals surface area (Å²) in [7, 11) is 0. The highest BCUT2D eigenvalue weighted by atomic mass is 32.1. The lowest BCUT2D eigenvalue weighted by Gasteiger charge is -2.18. The minimum atomic E-state index is -0.441. The van der Waals surface area contributed by atoms with Gasteiger partial charge in [-0.25, -0.2) is 0 Å². The number of hydrogen-bond donors (Lipinski definition) is 0. The zero-order valence-electron chi connectivity index (χ0n) is 30.1. The Morgan fingerprint density at radius 2 is 1.05 bits per heavy atom. The summed E-state index contributed by atoms with van der Waals surface area (Å²) in [6.45, 7) is 0. The number of rotatable bonds is 3. The van der Waals surface area contributed by atoms with Gasteiger partial charge in [0, 0.05) is 42.2 Å². The minimum absolute atomic E-state index is 0.158. The van der Waals surface area contributed by atoms with Gasteiger partial charge in [0.15, 0.2) is 0 Å². The third-order valence-electron chi connectivity index (χ3n) is 7.92. The zero-order valence-corrected chi connectivity index (χ0v) is 22.9. The van der Waals surface area contributed by atoms with Crippen LogP contribution in [0.2, 0.25) is 0 Å². The van der Waals surface area contributed by atoms with Gasteiger partial charge in [-0.3, -0.25) is 0 Å². The molecular weight excluding hydrogens is 529 g/mol. The van der Waals surface area contributed by atoms with E-state index in [1.807, 2.05) is 60.7 Å². The first kappa shape index (κ1) is 16.9. The van der Waals surface area contributed by atoms with Crippen molar-refractivity contribution in [3.8, 4) is 33.6 Å². The van der Waals surface area contributed by atoms with E-state index < -0.39 is 24.2 Å². The maximum atomic E-state index is 9.45. The molecule has 0 saturated heterocycles. The molecule has 0 N–H and O–H groups in total. The molecule has 1 nitrogen and oxygen atoms in total. The van der Waals surface area contributed by atoms with Gasteiger partial charge in [-0.2, -0.15) is 0 Å². The van der Waals surface area contributed by atoms with Crippen molar-refractivity contribution in [3.05, 3.63) is 145 Å². The van der Waals surface area contributed by atoms with E-state index in [0.29, 0.717) is 39.0 Å². The Labute approximate surface area is 258 Å². The van der Waals surface area contributed by atoms with Crippen LogP contribution in [0.15, 0.2) is 150 Å². The van der Waals surface area contributed by atoms with E-state index in [1.165, 1.54) is 0 Å². The van der Waals surface area contributed by atoms with Crippen molar-refractivity contribution in [2.24, 2.45) is 0 Å². The van der Waals surface area contributed by atoms with Crippen molar-refractivity contribution in [1.29, 1.82) is 0 Å². The number of fused-ring (bicyclic) bond motifs is 7. The van der Waals surface area contributed by atoms with Gasteiger partial charge in [-0.1, -0.05) is 127 Å². The van der Waals surface area contributed by atoms with Crippen molar-refractivity contribution in [2.75, 3.05) is 0 Å². The third-order valence-corrected chi connectivity index (χ3v) is 9.13. The predicted molar refractivity (Wildman–Crippen MR) is 180 cm³/mol. The molecule has 196 valence electrons. The van der Waals surface area contributed by atoms with E-state index in [-0.39, 0.29) is 51.3 Å². The molecule has 0 aliphatic rings. The number of benzene rings is 7. The maximum absolute atomic E-state index is 9.45. The van der Waals surface area contributed by atoms with E-state index in [1.54, 1.807) is 35.6 Å². The van der Waals surface area contributed by atoms with Gasteiger partial charge >= 0.3 is 0 Å². The second kappa shape index (κ2) is 9.17. The molecule has 0 spiro atoms. The lowest BCUT2D eigenvalue weighted by atomic mass is 9.84. The van der Waals surface area contributed by atoms with Gasteiger partial charge in [0.2, 0.25) is 0 Å². The highest BCUT2D eigenvalue weighted by Crippen LogP contribution is 2.52. The highest BCUT2D eigenvalue weighted by Gasteiger charge is 2.26. The van der Waals surface area contributed by atoms with Crippen LogP contribution in [-0.4, -0.2) is 0 Å². The van der Waals surface area contributed by atoms with Crippen molar-refractivity contribution in [2.45, 2.75) is 0 Å². The highest BCUT2D eigenvalue weighted by molar-refractivity contribution is 7.26. The van der Waals surface area contributed by atoms with Crippen LogP contribution >= 0.6 is 11.3 Å². The lowest BCUT2D eigenvalue weighted by molar-refractivity contribution is 0.633. The summed E-state index contributed by atoms with van der Waals surface area (Å²) in [5.41, 5.74) is 2.93. The topological polar surface area (TPSA) is 13.1 Å². The van der Waals surface area contributed by atoms with Crippen molar-refractivity contribution >= 4 is 64.0 Å². The van der Waals surface area contributed by atoms with Crippen LogP contribution < -0.4 is 0 Å². The van der Waals surface area contributed by atoms with E-state index in [9.17, 15) is 5.48 Å². The molecule has 0 saturated carbocycles. The number of thiophene rings is 1. The van der Waals surface area contributed by atoms with Crippen molar-refractivity contribution in [1.82, 2.24) is 0 Å². The SMILES string of the molecule is [2H]c1c([2H])c([2H])c2c(-c3c(-c4ccccc4)oc4ccc5c6ccccc6sc5c34)c3c([2H])c([2H])c([2H])c([2H])c3c(-c3ccccc3)c2c1[2H]. The van der Waals surface area contributed by atoms with Crippen molar-refractivity contribution in [3.63, 3.8) is 0 Å². The summed E-state index contributed by atoms with van der Waals surface area (Å²) >= 11 is 1.58. The Morgan fingerprint density at radius 3 is 1.71 bits per heavy atom. The molecule has 0 aliphatic heterocycles. The average Bonchev–Trinajstić information content (AvgIpc) is 3.73. The van der Waals surface area contributed by atoms with Crippen LogP contribution in [0.1, 0.15) is 11.0 Å². The Balaban J connectivity index is 1.66. The predicted octanol–water partition coefficient (Wildman–Crippen LogP) is 12.1. The van der Waals surface area contributed by atoms with Crippen LogP contribution in [0, 0.1) is 0 Å². The molecule has 0 unspecified atom stereocenters. The van der Waals surface area contributed by atoms with Gasteiger partial charge in [0.05, 0.1) is 11.0 Å². The maximum Gasteiger partial charge on any atom is 0.143 e. The summed E-state index contributed by atoms with van der Waals surface area (Å²) in [4.78, 5) is 0. The first-order valence-electron chi connectivity index (χ1n) is 17.6. The Kier molecular flexibility index (Phi) is 3.70. The fourth-order valence-corrected chi connectivity index (χ4v) is 7.41. The van der Waals surface area contributed by atoms with Crippen LogP contribution in [0.25, 0.3) is 86.3 Å². The van der Waals surface area contributed by atoms with E-state index in [2.05, 4.69) is 12.1 Å². The van der Waals surface area contributed by atoms with Gasteiger partial charge in [-0.05, 0) is 50.9 Å². The Bertz CT molecular complexity index is 2810. The van der Waals surface area contributed by atoms with Crippen molar-refractivity contribution < 1.29 is 15.4 Å². The summed E-state index contributed by atoms with van der Waals surface area (Å²) < 4.78 is 81.5. The summed E-state index contributed by atoms with van der Waals surface area (Å²) in [5.74, 6) is 0.431. The molecule has 9 rings (SSSR count). The van der Waals surface area contributed by atoms with Gasteiger partial charge in [0.1, 0.15) is 11.3 Å². The van der Waals surface area contributed by atoms with Crippen LogP contribution in [-0.2, 0) is 0 Å². The van der Waals surface area contributed by atoms with E-state index in [0.717, 1.165) is 20.2 Å². The molecule has 0 aliphatic carbocycles. The standard InChI is InChI=1S/C40H24OS/c1-3-13-25(14-4-1)35-28-18-7-9-20-30(28)36(31-21-10-8-19-29(31)35)38-37-33(41-39(38)26-15-5-2-6-16-26)24-23-32-27-17-11-12-22-34(27)42-40(32)37/h1-24H/i7D,8D,9D,10D,18D,19D,20D,21D. The molecule has 0 fully saturated rings. The molecule has 2 aromatic heterocycles. The zero-order chi connectivity index (χ0) is 34.6. The number of hydrogen-bond acceptors (Lipinski definition) is 2. The molecule has 0 bridgehead atoms. The molecular formula is C40H24OS. The molecule has 0 atom stereocenters. The van der Waals surface area contributed by atoms with Crippen LogP contribution in [0.4, 0.5) is 0 Å². The quantitative estimate of drug-likeness (QED) is 0.196. The third kappa shape index (κ3) is 3.36. The van der Waals surface area contributed by atoms with Gasteiger partial charge in [0.25, 0.3) is 0 Å². The monoisotopic (exact) mass is 560 g/mol. The smallest absolute Gasteiger partial charge is 0.143 e. The summed E-state index contributed by atoms with van der Waals surface area (Å²) in [5, 5.41) is 3.41. The Morgan fingerprint density at radius 1 is 0.476 bits per heavy atom. The van der Waals surface area contributed by atoms with Crippen LogP contribution in [0.3, 0.4) is 0 Å². The normalized spacial score (nSPS) is 14.5. The molecule has 42 heavy (non-hydrogen) atoms. The summed E-state index contributed by atoms with van der Waals surface area (Å²) in [6, 6.07) is 27.5. The largest absolute Gasteiger partial charge is 0.455 e. The second-order valence-electron chi connectivity index (χ2n) is 10.2. The summed E-state index contributed by atoms with van der Waals surface area (Å²) in [6.07, 6.45) is 0. The van der Waals surface area contributed by atoms with Crippen LogP contribution in [0.5, 0.6) is 0 Å². The fourth-order valence-electron chi connectivity index (χ4n) is 6.17. The first-order valence-corrected chi connectivity index (χ1v) is 14.4. The molecule has 0 amide bonds.